The zero-order valence-electron chi connectivity index (χ0n) is 22.9. The summed E-state index contributed by atoms with van der Waals surface area (Å²) < 4.78 is 57.0. The number of sulfone groups is 1. The van der Waals surface area contributed by atoms with E-state index in [1.807, 2.05) is 0 Å². The number of aryl methyl sites for hydroxylation is 1. The maximum Gasteiger partial charge on any atom is 0.355 e. The smallest absolute Gasteiger partial charge is 0.355 e. The molecule has 11 nitrogen and oxygen atoms in total. The van der Waals surface area contributed by atoms with Gasteiger partial charge in [0.1, 0.15) is 23.1 Å². The molecule has 0 spiro atoms. The van der Waals surface area contributed by atoms with E-state index in [4.69, 9.17) is 0 Å². The third-order valence-corrected chi connectivity index (χ3v) is 8.24. The van der Waals surface area contributed by atoms with Gasteiger partial charge in [0.05, 0.1) is 27.2 Å². The lowest BCUT2D eigenvalue weighted by atomic mass is 10.1. The molecule has 4 heterocycles. The van der Waals surface area contributed by atoms with Gasteiger partial charge in [-0.15, -0.1) is 0 Å². The van der Waals surface area contributed by atoms with Gasteiger partial charge in [-0.05, 0) is 44.2 Å². The molecule has 14 heteroatoms. The summed E-state index contributed by atoms with van der Waals surface area (Å²) >= 11 is 0. The van der Waals surface area contributed by atoms with Gasteiger partial charge in [-0.25, -0.2) is 31.5 Å². The maximum atomic E-state index is 15.8. The van der Waals surface area contributed by atoms with Crippen LogP contribution in [0.15, 0.2) is 58.9 Å². The minimum atomic E-state index is -3.91. The van der Waals surface area contributed by atoms with Gasteiger partial charge in [0.15, 0.2) is 21.3 Å². The third-order valence-electron chi connectivity index (χ3n) is 7.11. The number of anilines is 1. The molecule has 1 saturated heterocycles. The quantitative estimate of drug-likeness (QED) is 0.345. The van der Waals surface area contributed by atoms with E-state index in [-0.39, 0.29) is 64.7 Å². The first-order valence-corrected chi connectivity index (χ1v) is 14.7. The van der Waals surface area contributed by atoms with E-state index >= 15 is 4.39 Å². The number of phenols is 1. The highest BCUT2D eigenvalue weighted by molar-refractivity contribution is 7.90. The van der Waals surface area contributed by atoms with Crippen LogP contribution in [0.1, 0.15) is 12.6 Å². The van der Waals surface area contributed by atoms with Gasteiger partial charge >= 0.3 is 5.69 Å². The summed E-state index contributed by atoms with van der Waals surface area (Å²) in [5, 5.41) is 10.4. The number of piperazine rings is 1. The number of aromatic nitrogens is 4. The summed E-state index contributed by atoms with van der Waals surface area (Å²) in [6.45, 7) is 7.54. The lowest BCUT2D eigenvalue weighted by molar-refractivity contribution is -0.126. The van der Waals surface area contributed by atoms with Crippen LogP contribution in [0.25, 0.3) is 28.0 Å². The molecule has 0 saturated carbocycles. The number of pyridine rings is 2. The van der Waals surface area contributed by atoms with Crippen molar-refractivity contribution in [2.24, 2.45) is 0 Å². The number of hydrogen-bond donors (Lipinski definition) is 1. The van der Waals surface area contributed by atoms with Gasteiger partial charge in [0.2, 0.25) is 5.91 Å². The number of amides is 1. The Morgan fingerprint density at radius 3 is 2.55 bits per heavy atom. The zero-order chi connectivity index (χ0) is 30.5. The molecule has 0 unspecified atom stereocenters. The summed E-state index contributed by atoms with van der Waals surface area (Å²) in [6, 6.07) is 5.27. The Hall–Kier alpha value is -4.72. The van der Waals surface area contributed by atoms with Crippen LogP contribution in [0.5, 0.6) is 5.75 Å². The van der Waals surface area contributed by atoms with E-state index in [1.165, 1.54) is 31.3 Å². The lowest BCUT2D eigenvalue weighted by Gasteiger charge is -2.40. The highest BCUT2D eigenvalue weighted by Crippen LogP contribution is 2.36. The van der Waals surface area contributed by atoms with Crippen LogP contribution >= 0.6 is 0 Å². The van der Waals surface area contributed by atoms with Crippen LogP contribution in [-0.2, 0) is 14.6 Å². The molecule has 1 fully saturated rings. The van der Waals surface area contributed by atoms with Crippen LogP contribution < -0.4 is 10.6 Å². The number of benzene rings is 1. The predicted octanol–water partition coefficient (Wildman–Crippen LogP) is 2.76. The molecule has 5 rings (SSSR count). The first-order valence-electron chi connectivity index (χ1n) is 12.8. The lowest BCUT2D eigenvalue weighted by Crippen LogP contribution is -2.54. The second-order valence-electron chi connectivity index (χ2n) is 9.92. The number of phenolic OH excluding ortho intramolecular Hbond substituents is 1. The van der Waals surface area contributed by atoms with Gasteiger partial charge in [0, 0.05) is 38.1 Å². The van der Waals surface area contributed by atoms with Crippen LogP contribution in [-0.4, -0.2) is 75.8 Å². The minimum absolute atomic E-state index is 0.0183. The van der Waals surface area contributed by atoms with Gasteiger partial charge in [-0.1, -0.05) is 12.6 Å². The fourth-order valence-electron chi connectivity index (χ4n) is 5.16. The molecule has 42 heavy (non-hydrogen) atoms. The van der Waals surface area contributed by atoms with Crippen molar-refractivity contribution in [2.75, 3.05) is 30.8 Å². The Labute approximate surface area is 239 Å². The molecule has 1 N–H and O–H groups in total. The topological polar surface area (TPSA) is 139 Å². The number of halogens is 2. The van der Waals surface area contributed by atoms with Gasteiger partial charge in [0.25, 0.3) is 0 Å². The molecule has 0 bridgehead atoms. The molecule has 4 aromatic rings. The van der Waals surface area contributed by atoms with E-state index in [1.54, 1.807) is 16.7 Å². The largest absolute Gasteiger partial charge is 0.507 e. The summed E-state index contributed by atoms with van der Waals surface area (Å²) in [7, 11) is -3.91. The summed E-state index contributed by atoms with van der Waals surface area (Å²) in [5.41, 5.74) is -2.32. The summed E-state index contributed by atoms with van der Waals surface area (Å²) in [5.74, 6) is -2.79. The first-order chi connectivity index (χ1) is 19.8. The van der Waals surface area contributed by atoms with Crippen molar-refractivity contribution in [3.8, 4) is 22.7 Å². The van der Waals surface area contributed by atoms with Crippen molar-refractivity contribution in [1.82, 2.24) is 24.4 Å². The Kier molecular flexibility index (Phi) is 7.27. The predicted molar refractivity (Wildman–Crippen MR) is 151 cm³/mol. The molecule has 0 aliphatic carbocycles. The monoisotopic (exact) mass is 596 g/mol. The summed E-state index contributed by atoms with van der Waals surface area (Å²) in [6.07, 6.45) is 3.43. The van der Waals surface area contributed by atoms with Crippen LogP contribution in [0, 0.1) is 18.6 Å². The molecule has 1 amide bonds. The zero-order valence-corrected chi connectivity index (χ0v) is 23.7. The van der Waals surface area contributed by atoms with Crippen LogP contribution in [0.2, 0.25) is 0 Å². The minimum Gasteiger partial charge on any atom is -0.507 e. The van der Waals surface area contributed by atoms with Gasteiger partial charge < -0.3 is 14.9 Å². The Balaban J connectivity index is 1.86. The van der Waals surface area contributed by atoms with Crippen molar-refractivity contribution in [3.05, 3.63) is 77.0 Å². The number of carbonyl (C=O) groups is 1. The average molecular weight is 597 g/mol. The van der Waals surface area contributed by atoms with E-state index < -0.39 is 44.2 Å². The molecule has 3 aromatic heterocycles. The second-order valence-corrected chi connectivity index (χ2v) is 11.9. The van der Waals surface area contributed by atoms with E-state index in [9.17, 15) is 27.5 Å². The van der Waals surface area contributed by atoms with E-state index in [0.29, 0.717) is 0 Å². The number of rotatable bonds is 5. The molecule has 1 aliphatic heterocycles. The summed E-state index contributed by atoms with van der Waals surface area (Å²) in [4.78, 5) is 41.7. The van der Waals surface area contributed by atoms with Crippen LogP contribution in [0.4, 0.5) is 14.6 Å². The highest BCUT2D eigenvalue weighted by atomic mass is 32.2. The molecule has 218 valence electrons. The highest BCUT2D eigenvalue weighted by Gasteiger charge is 2.31. The fraction of sp³-hybridized carbons (Fsp3) is 0.250. The number of carbonyl (C=O) groups excluding carboxylic acids is 1. The standard InChI is InChI=1S/C28H26F2N6O5S/c1-5-22(38)34-11-12-35(15(2)14-34)26-17-13-19(30)24(23-18(29)7-6-8-20(23)37)32-27(17)36(28(39)33-26)25-16(3)31-10-9-21(25)42(4,40)41/h5-10,13,15,37H,1,11-12,14H2,2-4H3/t15-/m0/s1. The first kappa shape index (κ1) is 28.8. The average Bonchev–Trinajstić information content (AvgIpc) is 2.92. The molecular weight excluding hydrogens is 570 g/mol. The number of fused-ring (bicyclic) bond motifs is 1. The van der Waals surface area contributed by atoms with Crippen molar-refractivity contribution in [3.63, 3.8) is 0 Å². The molecule has 1 aromatic carbocycles. The molecule has 1 aliphatic rings. The number of aromatic hydroxyl groups is 1. The number of nitrogens with zero attached hydrogens (tertiary/aromatic N) is 6. The molecule has 0 radical (unpaired) electrons. The fourth-order valence-corrected chi connectivity index (χ4v) is 6.05. The van der Waals surface area contributed by atoms with Crippen molar-refractivity contribution >= 4 is 32.6 Å². The van der Waals surface area contributed by atoms with E-state index in [2.05, 4.69) is 21.5 Å². The van der Waals surface area contributed by atoms with Crippen molar-refractivity contribution in [1.29, 1.82) is 0 Å². The van der Waals surface area contributed by atoms with Crippen molar-refractivity contribution < 1.29 is 27.1 Å². The van der Waals surface area contributed by atoms with Crippen molar-refractivity contribution in [2.45, 2.75) is 24.8 Å². The SMILES string of the molecule is C=CC(=O)N1CCN(c2nc(=O)n(-c3c(S(C)(=O)=O)ccnc3C)c3nc(-c4c(O)cccc4F)c(F)cc23)[C@@H](C)C1. The molecular formula is C28H26F2N6O5S. The van der Waals surface area contributed by atoms with Crippen LogP contribution in [0.3, 0.4) is 0 Å². The van der Waals surface area contributed by atoms with Gasteiger partial charge in [-0.2, -0.15) is 4.98 Å². The molecule has 1 atom stereocenters. The Morgan fingerprint density at radius 1 is 1.17 bits per heavy atom. The Bertz CT molecular complexity index is 1930. The second kappa shape index (κ2) is 10.6. The Morgan fingerprint density at radius 2 is 1.90 bits per heavy atom. The normalized spacial score (nSPS) is 15.7. The number of hydrogen-bond acceptors (Lipinski definition) is 9. The maximum absolute atomic E-state index is 15.8. The third kappa shape index (κ3) is 4.87. The van der Waals surface area contributed by atoms with E-state index in [0.717, 1.165) is 29.0 Å². The van der Waals surface area contributed by atoms with Gasteiger partial charge in [-0.3, -0.25) is 9.78 Å².